The minimum Gasteiger partial charge on any atom is -0.338 e. The molecule has 0 N–H and O–H groups in total. The number of carbonyl (C=O) groups is 1. The Morgan fingerprint density at radius 3 is 2.67 bits per heavy atom. The summed E-state index contributed by atoms with van der Waals surface area (Å²) in [5.41, 5.74) is 1.17. The smallest absolute Gasteiger partial charge is 0.276 e. The van der Waals surface area contributed by atoms with Gasteiger partial charge in [-0.2, -0.15) is 14.9 Å². The van der Waals surface area contributed by atoms with Gasteiger partial charge in [0.1, 0.15) is 0 Å². The Kier molecular flexibility index (Phi) is 5.08. The summed E-state index contributed by atoms with van der Waals surface area (Å²) in [6.07, 6.45) is 1.52. The molecule has 0 saturated carbocycles. The monoisotopic (exact) mass is 421 g/mol. The quantitative estimate of drug-likeness (QED) is 0.488. The number of aromatic nitrogens is 5. The van der Waals surface area contributed by atoms with E-state index in [-0.39, 0.29) is 5.91 Å². The minimum atomic E-state index is -0.102. The Morgan fingerprint density at radius 2 is 1.90 bits per heavy atom. The van der Waals surface area contributed by atoms with Crippen molar-refractivity contribution in [1.29, 1.82) is 0 Å². The number of amides is 1. The van der Waals surface area contributed by atoms with Crippen molar-refractivity contribution in [3.05, 3.63) is 65.6 Å². The number of thiophene rings is 1. The summed E-state index contributed by atoms with van der Waals surface area (Å²) in [5, 5.41) is 14.6. The van der Waals surface area contributed by atoms with E-state index in [4.69, 9.17) is 4.52 Å². The van der Waals surface area contributed by atoms with Gasteiger partial charge < -0.3 is 9.42 Å². The van der Waals surface area contributed by atoms with Crippen LogP contribution in [0.3, 0.4) is 0 Å². The highest BCUT2D eigenvalue weighted by atomic mass is 32.1. The van der Waals surface area contributed by atoms with Gasteiger partial charge in [-0.05, 0) is 23.6 Å². The lowest BCUT2D eigenvalue weighted by atomic mass is 10.3. The van der Waals surface area contributed by atoms with Gasteiger partial charge in [-0.25, -0.2) is 0 Å². The van der Waals surface area contributed by atoms with Crippen molar-refractivity contribution in [2.45, 2.75) is 6.54 Å². The van der Waals surface area contributed by atoms with Crippen LogP contribution in [-0.2, 0) is 6.54 Å². The molecule has 0 bridgehead atoms. The van der Waals surface area contributed by atoms with Gasteiger partial charge >= 0.3 is 0 Å². The van der Waals surface area contributed by atoms with E-state index in [2.05, 4.69) is 25.2 Å². The van der Waals surface area contributed by atoms with Crippen LogP contribution in [0, 0.1) is 0 Å². The first-order chi connectivity index (χ1) is 14.8. The highest BCUT2D eigenvalue weighted by Gasteiger charge is 2.25. The van der Waals surface area contributed by atoms with Crippen LogP contribution in [0.4, 0.5) is 0 Å². The van der Waals surface area contributed by atoms with E-state index in [1.807, 2.05) is 47.8 Å². The first kappa shape index (κ1) is 18.6. The summed E-state index contributed by atoms with van der Waals surface area (Å²) < 4.78 is 5.38. The molecule has 1 saturated heterocycles. The lowest BCUT2D eigenvalue weighted by molar-refractivity contribution is 0.0609. The third-order valence-electron chi connectivity index (χ3n) is 4.93. The van der Waals surface area contributed by atoms with Crippen LogP contribution in [0.5, 0.6) is 0 Å². The number of benzene rings is 1. The Hall–Kier alpha value is -3.37. The van der Waals surface area contributed by atoms with E-state index in [1.165, 1.54) is 11.0 Å². The minimum absolute atomic E-state index is 0.102. The molecule has 1 aliphatic heterocycles. The van der Waals surface area contributed by atoms with Gasteiger partial charge in [0.2, 0.25) is 11.7 Å². The molecule has 0 spiro atoms. The van der Waals surface area contributed by atoms with Crippen LogP contribution >= 0.6 is 11.3 Å². The molecule has 152 valence electrons. The molecule has 0 aliphatic carbocycles. The molecule has 30 heavy (non-hydrogen) atoms. The lowest BCUT2D eigenvalue weighted by Gasteiger charge is -2.33. The fourth-order valence-electron chi connectivity index (χ4n) is 3.33. The zero-order valence-electron chi connectivity index (χ0n) is 16.1. The molecule has 1 fully saturated rings. The SMILES string of the molecule is O=C(c1cnn(-c2ccccc2)n1)N1CCN(Cc2nc(-c3cccs3)no2)CC1. The molecule has 10 heteroatoms. The van der Waals surface area contributed by atoms with Gasteiger partial charge in [0.15, 0.2) is 5.69 Å². The molecular formula is C20H19N7O2S. The molecule has 5 rings (SSSR count). The number of para-hydroxylation sites is 1. The van der Waals surface area contributed by atoms with Crippen molar-refractivity contribution in [3.8, 4) is 16.4 Å². The Morgan fingerprint density at radius 1 is 1.07 bits per heavy atom. The van der Waals surface area contributed by atoms with Gasteiger partial charge in [-0.3, -0.25) is 9.69 Å². The summed E-state index contributed by atoms with van der Waals surface area (Å²) in [5.74, 6) is 1.11. The van der Waals surface area contributed by atoms with Crippen molar-refractivity contribution < 1.29 is 9.32 Å². The molecule has 4 aromatic rings. The number of hydrogen-bond acceptors (Lipinski definition) is 8. The number of piperazine rings is 1. The zero-order valence-corrected chi connectivity index (χ0v) is 16.9. The number of hydrogen-bond donors (Lipinski definition) is 0. The van der Waals surface area contributed by atoms with Crippen molar-refractivity contribution in [2.24, 2.45) is 0 Å². The van der Waals surface area contributed by atoms with Gasteiger partial charge in [-0.15, -0.1) is 16.4 Å². The van der Waals surface area contributed by atoms with Crippen LogP contribution < -0.4 is 0 Å². The highest BCUT2D eigenvalue weighted by molar-refractivity contribution is 7.13. The maximum atomic E-state index is 12.8. The molecule has 1 aromatic carbocycles. The van der Waals surface area contributed by atoms with Crippen LogP contribution in [-0.4, -0.2) is 67.0 Å². The van der Waals surface area contributed by atoms with Gasteiger partial charge in [-0.1, -0.05) is 29.4 Å². The topological polar surface area (TPSA) is 93.2 Å². The van der Waals surface area contributed by atoms with Gasteiger partial charge in [0.25, 0.3) is 5.91 Å². The average molecular weight is 421 g/mol. The molecule has 1 amide bonds. The number of nitrogens with zero attached hydrogens (tertiary/aromatic N) is 7. The molecule has 4 heterocycles. The molecule has 1 aliphatic rings. The molecule has 9 nitrogen and oxygen atoms in total. The summed E-state index contributed by atoms with van der Waals surface area (Å²) in [6, 6.07) is 13.5. The van der Waals surface area contributed by atoms with Crippen molar-refractivity contribution in [3.63, 3.8) is 0 Å². The van der Waals surface area contributed by atoms with Crippen LogP contribution in [0.1, 0.15) is 16.4 Å². The van der Waals surface area contributed by atoms with E-state index in [0.717, 1.165) is 23.7 Å². The van der Waals surface area contributed by atoms with E-state index in [9.17, 15) is 4.79 Å². The van der Waals surface area contributed by atoms with Crippen LogP contribution in [0.15, 0.2) is 58.6 Å². The fraction of sp³-hybridized carbons (Fsp3) is 0.250. The molecular weight excluding hydrogens is 402 g/mol. The second-order valence-electron chi connectivity index (χ2n) is 6.91. The standard InChI is InChI=1S/C20H19N7O2S/c28-20(16-13-21-27(23-16)15-5-2-1-3-6-15)26-10-8-25(9-11-26)14-18-22-19(24-29-18)17-7-4-12-30-17/h1-7,12-13H,8-11,14H2. The van der Waals surface area contributed by atoms with Crippen LogP contribution in [0.2, 0.25) is 0 Å². The van der Waals surface area contributed by atoms with Crippen LogP contribution in [0.25, 0.3) is 16.4 Å². The van der Waals surface area contributed by atoms with E-state index >= 15 is 0 Å². The summed E-state index contributed by atoms with van der Waals surface area (Å²) >= 11 is 1.58. The van der Waals surface area contributed by atoms with E-state index < -0.39 is 0 Å². The summed E-state index contributed by atoms with van der Waals surface area (Å²) in [6.45, 7) is 3.26. The van der Waals surface area contributed by atoms with Gasteiger partial charge in [0, 0.05) is 26.2 Å². The maximum absolute atomic E-state index is 12.8. The third kappa shape index (κ3) is 3.87. The maximum Gasteiger partial charge on any atom is 0.276 e. The van der Waals surface area contributed by atoms with E-state index in [0.29, 0.717) is 37.0 Å². The zero-order chi connectivity index (χ0) is 20.3. The fourth-order valence-corrected chi connectivity index (χ4v) is 3.98. The largest absolute Gasteiger partial charge is 0.338 e. The Bertz CT molecular complexity index is 1120. The van der Waals surface area contributed by atoms with Gasteiger partial charge in [0.05, 0.1) is 23.3 Å². The Balaban J connectivity index is 1.17. The first-order valence-corrected chi connectivity index (χ1v) is 10.5. The average Bonchev–Trinajstić information content (AvgIpc) is 3.56. The predicted molar refractivity (Wildman–Crippen MR) is 110 cm³/mol. The molecule has 3 aromatic heterocycles. The normalized spacial score (nSPS) is 14.9. The summed E-state index contributed by atoms with van der Waals surface area (Å²) in [4.78, 5) is 23.7. The van der Waals surface area contributed by atoms with Crippen molar-refractivity contribution in [2.75, 3.05) is 26.2 Å². The molecule has 0 radical (unpaired) electrons. The lowest BCUT2D eigenvalue weighted by Crippen LogP contribution is -2.48. The summed E-state index contributed by atoms with van der Waals surface area (Å²) in [7, 11) is 0. The number of rotatable bonds is 5. The Labute approximate surface area is 176 Å². The molecule has 0 atom stereocenters. The highest BCUT2D eigenvalue weighted by Crippen LogP contribution is 2.21. The van der Waals surface area contributed by atoms with Crippen molar-refractivity contribution in [1.82, 2.24) is 34.9 Å². The van der Waals surface area contributed by atoms with Crippen molar-refractivity contribution >= 4 is 17.2 Å². The second kappa shape index (κ2) is 8.17. The third-order valence-corrected chi connectivity index (χ3v) is 5.79. The predicted octanol–water partition coefficient (Wildman–Crippen LogP) is 2.34. The number of carbonyl (C=O) groups excluding carboxylic acids is 1. The van der Waals surface area contributed by atoms with E-state index in [1.54, 1.807) is 16.2 Å². The second-order valence-corrected chi connectivity index (χ2v) is 7.86. The molecule has 0 unspecified atom stereocenters. The first-order valence-electron chi connectivity index (χ1n) is 9.62.